The molecule has 0 saturated heterocycles. The van der Waals surface area contributed by atoms with Gasteiger partial charge < -0.3 is 4.74 Å². The van der Waals surface area contributed by atoms with Crippen molar-refractivity contribution in [1.82, 2.24) is 0 Å². The second kappa shape index (κ2) is 5.52. The molecular formula is C11H10O2S3. The number of rotatable bonds is 4. The van der Waals surface area contributed by atoms with Gasteiger partial charge in [0.25, 0.3) is 0 Å². The average molecular weight is 270 g/mol. The highest BCUT2D eigenvalue weighted by Crippen LogP contribution is 2.28. The minimum atomic E-state index is -0.240. The van der Waals surface area contributed by atoms with Crippen LogP contribution in [0.3, 0.4) is 0 Å². The third kappa shape index (κ3) is 2.66. The predicted molar refractivity (Wildman–Crippen MR) is 69.5 cm³/mol. The Bertz CT molecular complexity index is 459. The van der Waals surface area contributed by atoms with Gasteiger partial charge in [-0.05, 0) is 28.5 Å². The standard InChI is InChI=1S/C11H10O2S3/c1-13-11(12)10-8(2-5-15-10)6-16-9-3-4-14-7-9/h2-5,7H,6H2,1H3. The van der Waals surface area contributed by atoms with E-state index in [0.29, 0.717) is 4.88 Å². The molecule has 84 valence electrons. The molecule has 0 aliphatic carbocycles. The molecule has 5 heteroatoms. The monoisotopic (exact) mass is 270 g/mol. The van der Waals surface area contributed by atoms with Crippen molar-refractivity contribution in [3.63, 3.8) is 0 Å². The summed E-state index contributed by atoms with van der Waals surface area (Å²) in [5.41, 5.74) is 1.05. The lowest BCUT2D eigenvalue weighted by Gasteiger charge is -2.01. The summed E-state index contributed by atoms with van der Waals surface area (Å²) >= 11 is 4.85. The van der Waals surface area contributed by atoms with Crippen LogP contribution in [0.25, 0.3) is 0 Å². The SMILES string of the molecule is COC(=O)c1sccc1CSc1ccsc1. The maximum Gasteiger partial charge on any atom is 0.348 e. The third-order valence-corrected chi connectivity index (χ3v) is 4.82. The highest BCUT2D eigenvalue weighted by Gasteiger charge is 2.13. The van der Waals surface area contributed by atoms with Crippen molar-refractivity contribution in [2.24, 2.45) is 0 Å². The Morgan fingerprint density at radius 2 is 2.31 bits per heavy atom. The van der Waals surface area contributed by atoms with Gasteiger partial charge >= 0.3 is 5.97 Å². The van der Waals surface area contributed by atoms with Crippen molar-refractivity contribution in [3.8, 4) is 0 Å². The van der Waals surface area contributed by atoms with Crippen molar-refractivity contribution in [1.29, 1.82) is 0 Å². The predicted octanol–water partition coefficient (Wildman–Crippen LogP) is 3.89. The quantitative estimate of drug-likeness (QED) is 0.623. The Morgan fingerprint density at radius 3 is 3.00 bits per heavy atom. The highest BCUT2D eigenvalue weighted by molar-refractivity contribution is 7.98. The Balaban J connectivity index is 2.04. The zero-order valence-corrected chi connectivity index (χ0v) is 11.1. The number of hydrogen-bond donors (Lipinski definition) is 0. The van der Waals surface area contributed by atoms with Gasteiger partial charge in [0, 0.05) is 16.0 Å². The van der Waals surface area contributed by atoms with Crippen LogP contribution < -0.4 is 0 Å². The molecule has 0 fully saturated rings. The van der Waals surface area contributed by atoms with Crippen molar-refractivity contribution < 1.29 is 9.53 Å². The van der Waals surface area contributed by atoms with E-state index in [2.05, 4.69) is 16.8 Å². The summed E-state index contributed by atoms with van der Waals surface area (Å²) in [6.07, 6.45) is 0. The smallest absolute Gasteiger partial charge is 0.348 e. The summed E-state index contributed by atoms with van der Waals surface area (Å²) in [6, 6.07) is 4.07. The van der Waals surface area contributed by atoms with Gasteiger partial charge in [0.2, 0.25) is 0 Å². The first-order valence-electron chi connectivity index (χ1n) is 4.61. The maximum atomic E-state index is 11.4. The van der Waals surface area contributed by atoms with Gasteiger partial charge in [-0.2, -0.15) is 11.3 Å². The molecule has 0 aliphatic heterocycles. The van der Waals surface area contributed by atoms with Gasteiger partial charge in [-0.15, -0.1) is 23.1 Å². The molecule has 0 aromatic carbocycles. The van der Waals surface area contributed by atoms with Gasteiger partial charge in [0.15, 0.2) is 0 Å². The molecule has 2 heterocycles. The van der Waals surface area contributed by atoms with Crippen molar-refractivity contribution in [3.05, 3.63) is 38.7 Å². The summed E-state index contributed by atoms with van der Waals surface area (Å²) in [5.74, 6) is 0.570. The van der Waals surface area contributed by atoms with Crippen molar-refractivity contribution in [2.75, 3.05) is 7.11 Å². The number of thioether (sulfide) groups is 1. The lowest BCUT2D eigenvalue weighted by atomic mass is 10.3. The molecule has 0 aliphatic rings. The van der Waals surface area contributed by atoms with E-state index in [1.807, 2.05) is 11.4 Å². The number of ether oxygens (including phenoxy) is 1. The summed E-state index contributed by atoms with van der Waals surface area (Å²) in [7, 11) is 1.41. The molecule has 0 unspecified atom stereocenters. The number of methoxy groups -OCH3 is 1. The van der Waals surface area contributed by atoms with E-state index in [1.54, 1.807) is 23.1 Å². The highest BCUT2D eigenvalue weighted by atomic mass is 32.2. The van der Waals surface area contributed by atoms with E-state index in [-0.39, 0.29) is 5.97 Å². The Hall–Kier alpha value is -0.780. The molecule has 0 spiro atoms. The molecule has 0 bridgehead atoms. The van der Waals surface area contributed by atoms with Crippen LogP contribution in [0.4, 0.5) is 0 Å². The number of carbonyl (C=O) groups excluding carboxylic acids is 1. The number of hydrogen-bond acceptors (Lipinski definition) is 5. The molecule has 0 radical (unpaired) electrons. The first kappa shape index (κ1) is 11.7. The third-order valence-electron chi connectivity index (χ3n) is 2.01. The molecule has 2 aromatic rings. The van der Waals surface area contributed by atoms with Gasteiger partial charge in [-0.3, -0.25) is 0 Å². The minimum Gasteiger partial charge on any atom is -0.465 e. The molecule has 2 rings (SSSR count). The van der Waals surface area contributed by atoms with E-state index in [1.165, 1.54) is 23.3 Å². The lowest BCUT2D eigenvalue weighted by Crippen LogP contribution is -2.00. The molecular weight excluding hydrogens is 260 g/mol. The summed E-state index contributed by atoms with van der Waals surface area (Å²) in [4.78, 5) is 13.4. The van der Waals surface area contributed by atoms with E-state index >= 15 is 0 Å². The van der Waals surface area contributed by atoms with Gasteiger partial charge in [0.1, 0.15) is 4.88 Å². The summed E-state index contributed by atoms with van der Waals surface area (Å²) < 4.78 is 4.74. The van der Waals surface area contributed by atoms with E-state index < -0.39 is 0 Å². The van der Waals surface area contributed by atoms with Gasteiger partial charge in [-0.25, -0.2) is 4.79 Å². The number of thiophene rings is 2. The van der Waals surface area contributed by atoms with E-state index in [9.17, 15) is 4.79 Å². The second-order valence-corrected chi connectivity index (χ2v) is 5.76. The Morgan fingerprint density at radius 1 is 1.44 bits per heavy atom. The van der Waals surface area contributed by atoms with Crippen LogP contribution in [0.5, 0.6) is 0 Å². The van der Waals surface area contributed by atoms with Crippen LogP contribution in [0, 0.1) is 0 Å². The summed E-state index contributed by atoms with van der Waals surface area (Å²) in [5, 5.41) is 6.09. The van der Waals surface area contributed by atoms with Crippen LogP contribution in [0.15, 0.2) is 33.2 Å². The number of carbonyl (C=O) groups is 1. The van der Waals surface area contributed by atoms with E-state index in [4.69, 9.17) is 4.74 Å². The zero-order chi connectivity index (χ0) is 11.4. The van der Waals surface area contributed by atoms with Crippen LogP contribution >= 0.6 is 34.4 Å². The molecule has 0 amide bonds. The van der Waals surface area contributed by atoms with Crippen molar-refractivity contribution >= 4 is 40.4 Å². The number of esters is 1. The fraction of sp³-hybridized carbons (Fsp3) is 0.182. The Labute approximate surface area is 106 Å². The zero-order valence-electron chi connectivity index (χ0n) is 8.64. The molecule has 2 aromatic heterocycles. The fourth-order valence-electron chi connectivity index (χ4n) is 1.22. The van der Waals surface area contributed by atoms with E-state index in [0.717, 1.165) is 11.3 Å². The largest absolute Gasteiger partial charge is 0.465 e. The topological polar surface area (TPSA) is 26.3 Å². The molecule has 16 heavy (non-hydrogen) atoms. The summed E-state index contributed by atoms with van der Waals surface area (Å²) in [6.45, 7) is 0. The van der Waals surface area contributed by atoms with Crippen LogP contribution in [0.2, 0.25) is 0 Å². The van der Waals surface area contributed by atoms with Crippen LogP contribution in [0.1, 0.15) is 15.2 Å². The first-order valence-corrected chi connectivity index (χ1v) is 7.41. The Kier molecular flexibility index (Phi) is 4.04. The molecule has 2 nitrogen and oxygen atoms in total. The van der Waals surface area contributed by atoms with Gasteiger partial charge in [0.05, 0.1) is 7.11 Å². The normalized spacial score (nSPS) is 10.3. The lowest BCUT2D eigenvalue weighted by molar-refractivity contribution is 0.0605. The second-order valence-electron chi connectivity index (χ2n) is 3.01. The first-order chi connectivity index (χ1) is 7.81. The average Bonchev–Trinajstić information content (AvgIpc) is 2.96. The molecule has 0 N–H and O–H groups in total. The van der Waals surface area contributed by atoms with Crippen LogP contribution in [-0.2, 0) is 10.5 Å². The fourth-order valence-corrected chi connectivity index (χ4v) is 3.92. The molecule has 0 saturated carbocycles. The molecule has 0 atom stereocenters. The van der Waals surface area contributed by atoms with Crippen LogP contribution in [-0.4, -0.2) is 13.1 Å². The minimum absolute atomic E-state index is 0.240. The maximum absolute atomic E-state index is 11.4. The van der Waals surface area contributed by atoms with Gasteiger partial charge in [-0.1, -0.05) is 0 Å². The van der Waals surface area contributed by atoms with Crippen molar-refractivity contribution in [2.45, 2.75) is 10.6 Å².